The maximum atomic E-state index is 14.4. The Kier molecular flexibility index (Phi) is 10.1. The molecule has 0 radical (unpaired) electrons. The van der Waals surface area contributed by atoms with E-state index in [-0.39, 0.29) is 36.4 Å². The monoisotopic (exact) mass is 701 g/mol. The van der Waals surface area contributed by atoms with Crippen molar-refractivity contribution in [1.82, 2.24) is 29.4 Å². The Morgan fingerprint density at radius 2 is 1.80 bits per heavy atom. The number of hydrogen-bond donors (Lipinski definition) is 2. The minimum atomic E-state index is -4.21. The standard InChI is InChI=1S/C37H51F4N7O2/c1-24-17-46(30(16-42-24)20-45-12-11-44(18-25(45)2)23-37(39,40)41)21-32(49)48-22-35(3,4)33-31(48)14-27(13-26-7-9-28(38)10-8-26)34-43-29(19-47(33)34)15-36(5,6)50/h7-10,14,19,24-25,30,42,50H,11-13,15-18,20-23H2,1-6H3/t24-,25-,30-/m1/s1. The van der Waals surface area contributed by atoms with Gasteiger partial charge in [0.1, 0.15) is 11.5 Å². The van der Waals surface area contributed by atoms with E-state index in [1.165, 1.54) is 17.0 Å². The fourth-order valence-electron chi connectivity index (χ4n) is 8.06. The van der Waals surface area contributed by atoms with Crippen molar-refractivity contribution in [2.45, 2.75) is 89.7 Å². The Balaban J connectivity index is 1.27. The van der Waals surface area contributed by atoms with Crippen molar-refractivity contribution in [2.75, 3.05) is 63.8 Å². The molecule has 2 aromatic heterocycles. The molecule has 50 heavy (non-hydrogen) atoms. The average Bonchev–Trinajstić information content (AvgIpc) is 3.52. The summed E-state index contributed by atoms with van der Waals surface area (Å²) in [6, 6.07) is 8.64. The van der Waals surface area contributed by atoms with Gasteiger partial charge in [-0.3, -0.25) is 19.5 Å². The number of aliphatic hydroxyl groups is 1. The number of hydrogen-bond acceptors (Lipinski definition) is 7. The first-order chi connectivity index (χ1) is 23.3. The van der Waals surface area contributed by atoms with Gasteiger partial charge >= 0.3 is 6.18 Å². The number of carbonyl (C=O) groups excluding carboxylic acids is 1. The molecule has 0 unspecified atom stereocenters. The average molecular weight is 702 g/mol. The molecule has 2 fully saturated rings. The summed E-state index contributed by atoms with van der Waals surface area (Å²) in [5, 5.41) is 14.2. The van der Waals surface area contributed by atoms with Crippen molar-refractivity contribution in [3.63, 3.8) is 0 Å². The minimum Gasteiger partial charge on any atom is -0.390 e. The van der Waals surface area contributed by atoms with Crippen LogP contribution in [0.25, 0.3) is 5.65 Å². The van der Waals surface area contributed by atoms with Crippen LogP contribution in [0.1, 0.15) is 64.1 Å². The number of amides is 1. The smallest absolute Gasteiger partial charge is 0.390 e. The lowest BCUT2D eigenvalue weighted by atomic mass is 9.90. The van der Waals surface area contributed by atoms with E-state index < -0.39 is 23.7 Å². The van der Waals surface area contributed by atoms with Gasteiger partial charge in [0.2, 0.25) is 5.91 Å². The number of anilines is 1. The van der Waals surface area contributed by atoms with Gasteiger partial charge in [0.15, 0.2) is 0 Å². The number of pyridine rings is 1. The summed E-state index contributed by atoms with van der Waals surface area (Å²) in [6.07, 6.45) is -1.39. The maximum Gasteiger partial charge on any atom is 0.401 e. The van der Waals surface area contributed by atoms with Gasteiger partial charge in [0, 0.05) is 94.0 Å². The summed E-state index contributed by atoms with van der Waals surface area (Å²) < 4.78 is 55.0. The molecule has 3 aromatic rings. The highest BCUT2D eigenvalue weighted by molar-refractivity contribution is 5.98. The van der Waals surface area contributed by atoms with Gasteiger partial charge in [-0.25, -0.2) is 9.37 Å². The zero-order chi connectivity index (χ0) is 36.2. The Labute approximate surface area is 292 Å². The largest absolute Gasteiger partial charge is 0.401 e. The number of halogens is 4. The zero-order valence-corrected chi connectivity index (χ0v) is 30.0. The van der Waals surface area contributed by atoms with Gasteiger partial charge in [-0.15, -0.1) is 0 Å². The quantitative estimate of drug-likeness (QED) is 0.324. The molecule has 3 aliphatic heterocycles. The molecule has 274 valence electrons. The number of piperazine rings is 2. The minimum absolute atomic E-state index is 0.0112. The number of nitrogens with one attached hydrogen (secondary N) is 1. The number of rotatable bonds is 9. The van der Waals surface area contributed by atoms with Gasteiger partial charge in [-0.1, -0.05) is 26.0 Å². The fraction of sp³-hybridized carbons (Fsp3) is 0.622. The van der Waals surface area contributed by atoms with E-state index in [1.54, 1.807) is 26.0 Å². The predicted octanol–water partition coefficient (Wildman–Crippen LogP) is 4.23. The second-order valence-corrected chi connectivity index (χ2v) is 16.1. The van der Waals surface area contributed by atoms with E-state index in [4.69, 9.17) is 4.98 Å². The normalized spacial score (nSPS) is 23.9. The topological polar surface area (TPSA) is 79.6 Å². The first kappa shape index (κ1) is 36.7. The highest BCUT2D eigenvalue weighted by Gasteiger charge is 2.43. The molecule has 2 saturated heterocycles. The third kappa shape index (κ3) is 8.33. The van der Waals surface area contributed by atoms with E-state index in [2.05, 4.69) is 46.4 Å². The van der Waals surface area contributed by atoms with E-state index >= 15 is 0 Å². The summed E-state index contributed by atoms with van der Waals surface area (Å²) in [5.74, 6) is -0.318. The fourth-order valence-corrected chi connectivity index (χ4v) is 8.06. The number of fused-ring (bicyclic) bond motifs is 3. The van der Waals surface area contributed by atoms with Crippen LogP contribution in [0, 0.1) is 5.82 Å². The van der Waals surface area contributed by atoms with E-state index in [9.17, 15) is 27.5 Å². The summed E-state index contributed by atoms with van der Waals surface area (Å²) >= 11 is 0. The van der Waals surface area contributed by atoms with Crippen molar-refractivity contribution >= 4 is 17.2 Å². The summed E-state index contributed by atoms with van der Waals surface area (Å²) in [7, 11) is 0. The van der Waals surface area contributed by atoms with Gasteiger partial charge in [0.25, 0.3) is 0 Å². The first-order valence-corrected chi connectivity index (χ1v) is 17.7. The molecule has 5 heterocycles. The van der Waals surface area contributed by atoms with E-state index in [1.807, 2.05) is 18.0 Å². The highest BCUT2D eigenvalue weighted by atomic mass is 19.4. The Morgan fingerprint density at radius 3 is 2.46 bits per heavy atom. The lowest BCUT2D eigenvalue weighted by Gasteiger charge is -2.45. The number of imidazole rings is 1. The third-order valence-electron chi connectivity index (χ3n) is 10.3. The van der Waals surface area contributed by atoms with Crippen LogP contribution in [-0.2, 0) is 23.1 Å². The number of carbonyl (C=O) groups is 1. The molecule has 0 spiro atoms. The molecular weight excluding hydrogens is 650 g/mol. The van der Waals surface area contributed by atoms with Crippen LogP contribution in [0.2, 0.25) is 0 Å². The molecule has 13 heteroatoms. The van der Waals surface area contributed by atoms with Crippen LogP contribution in [0.3, 0.4) is 0 Å². The third-order valence-corrected chi connectivity index (χ3v) is 10.3. The maximum absolute atomic E-state index is 14.4. The Hall–Kier alpha value is -3.10. The van der Waals surface area contributed by atoms with Crippen molar-refractivity contribution in [2.24, 2.45) is 0 Å². The predicted molar refractivity (Wildman–Crippen MR) is 186 cm³/mol. The molecule has 0 saturated carbocycles. The molecule has 0 bridgehead atoms. The molecule has 6 rings (SSSR count). The van der Waals surface area contributed by atoms with Crippen LogP contribution in [0.15, 0.2) is 36.5 Å². The Morgan fingerprint density at radius 1 is 1.08 bits per heavy atom. The lowest BCUT2D eigenvalue weighted by molar-refractivity contribution is -0.151. The van der Waals surface area contributed by atoms with Gasteiger partial charge < -0.3 is 19.7 Å². The number of alkyl halides is 3. The molecular formula is C37H51F4N7O2. The zero-order valence-electron chi connectivity index (χ0n) is 30.0. The molecule has 0 aliphatic carbocycles. The molecule has 3 aliphatic rings. The SMILES string of the molecule is C[C@@H]1CN(CC(=O)N2CC(C)(C)c3c2cc(Cc2ccc(F)cc2)c2nc(CC(C)(C)O)cn32)[C@@H](CN2CCN(CC(F)(F)F)C[C@H]2C)CN1. The van der Waals surface area contributed by atoms with Crippen molar-refractivity contribution in [3.8, 4) is 0 Å². The van der Waals surface area contributed by atoms with Crippen LogP contribution < -0.4 is 10.2 Å². The lowest BCUT2D eigenvalue weighted by Crippen LogP contribution is -2.63. The molecule has 1 amide bonds. The second-order valence-electron chi connectivity index (χ2n) is 16.1. The van der Waals surface area contributed by atoms with E-state index in [0.29, 0.717) is 58.7 Å². The molecule has 9 nitrogen and oxygen atoms in total. The van der Waals surface area contributed by atoms with Gasteiger partial charge in [0.05, 0.1) is 35.8 Å². The summed E-state index contributed by atoms with van der Waals surface area (Å²) in [6.45, 7) is 15.0. The molecule has 3 atom stereocenters. The number of benzene rings is 1. The van der Waals surface area contributed by atoms with Crippen molar-refractivity contribution in [3.05, 3.63) is 64.9 Å². The number of aromatic nitrogens is 2. The highest BCUT2D eigenvalue weighted by Crippen LogP contribution is 2.43. The van der Waals surface area contributed by atoms with Gasteiger partial charge in [-0.2, -0.15) is 13.2 Å². The Bertz CT molecular complexity index is 1680. The molecule has 2 N–H and O–H groups in total. The van der Waals surface area contributed by atoms with Crippen molar-refractivity contribution < 1.29 is 27.5 Å². The van der Waals surface area contributed by atoms with Crippen LogP contribution in [0.4, 0.5) is 23.2 Å². The van der Waals surface area contributed by atoms with Gasteiger partial charge in [-0.05, 0) is 51.5 Å². The van der Waals surface area contributed by atoms with Crippen LogP contribution in [0.5, 0.6) is 0 Å². The van der Waals surface area contributed by atoms with Crippen LogP contribution >= 0.6 is 0 Å². The first-order valence-electron chi connectivity index (χ1n) is 17.7. The second kappa shape index (κ2) is 13.8. The van der Waals surface area contributed by atoms with E-state index in [0.717, 1.165) is 33.8 Å². The number of nitrogens with zero attached hydrogens (tertiary/aromatic N) is 6. The molecule has 1 aromatic carbocycles. The summed E-state index contributed by atoms with van der Waals surface area (Å²) in [4.78, 5) is 27.2. The van der Waals surface area contributed by atoms with Crippen molar-refractivity contribution in [1.29, 1.82) is 0 Å². The van der Waals surface area contributed by atoms with Crippen LogP contribution in [-0.4, -0.2) is 124 Å². The summed E-state index contributed by atoms with van der Waals surface area (Å²) in [5.41, 5.74) is 3.78.